The van der Waals surface area contributed by atoms with Crippen molar-refractivity contribution in [3.8, 4) is 0 Å². The van der Waals surface area contributed by atoms with Crippen LogP contribution in [0.1, 0.15) is 0 Å². The molecule has 0 aliphatic rings. The van der Waals surface area contributed by atoms with Crippen LogP contribution in [-0.4, -0.2) is 230 Å². The predicted molar refractivity (Wildman–Crippen MR) is 294 cm³/mol. The summed E-state index contributed by atoms with van der Waals surface area (Å²) >= 11 is 0. The summed E-state index contributed by atoms with van der Waals surface area (Å²) in [6, 6.07) is 27.3. The molecule has 0 saturated heterocycles. The van der Waals surface area contributed by atoms with Crippen LogP contribution in [0.4, 0.5) is 0 Å². The van der Waals surface area contributed by atoms with Crippen molar-refractivity contribution in [2.45, 2.75) is 19.6 Å². The van der Waals surface area contributed by atoms with Crippen molar-refractivity contribution in [3.63, 3.8) is 0 Å². The Morgan fingerprint density at radius 3 is 0.449 bits per heavy atom. The molecule has 8 rings (SSSR count). The molecule has 24 heteroatoms. The number of nitrogens with zero attached hydrogens (tertiary/aromatic N) is 6. The number of hydrogen-bond acceptors (Lipinski definition) is 14. The molecule has 0 radical (unpaired) electrons. The van der Waals surface area contributed by atoms with Gasteiger partial charge in [-0.1, -0.05) is 51.0 Å². The Labute approximate surface area is 656 Å². The first-order chi connectivity index (χ1) is 32.9. The summed E-state index contributed by atoms with van der Waals surface area (Å²) in [6.07, 6.45) is 34.9. The summed E-state index contributed by atoms with van der Waals surface area (Å²) in [5.41, 5.74) is 0. The van der Waals surface area contributed by atoms with Crippen molar-refractivity contribution < 1.29 is 213 Å². The third kappa shape index (κ3) is 143. The van der Waals surface area contributed by atoms with E-state index in [0.717, 1.165) is 39.3 Å². The SMILES string of the molecule is CN(C)CCN(C)C.CN(C)CCN(C)C.CN(C)CCN(C)C.[CH2-][Si](C)(C)C.[Mg+2].[Mg+2].[Mg+2].[Na+].[Na+].[Na+].[Na+].[Na+].[Na+].[c-]1cc[c-]o1.[c-]1cc[c-]o1.[c-]1cc[c-]o1.[c-]1ccco1.[c-]1ccco1.[c-]1ccco1.[c-]1ccco1.[c-]1ccco1. The molecule has 8 aromatic rings. The van der Waals surface area contributed by atoms with Crippen molar-refractivity contribution >= 4 is 77.2 Å². The normalized spacial score (nSPS) is 8.33. The van der Waals surface area contributed by atoms with Crippen molar-refractivity contribution in [1.29, 1.82) is 0 Å². The average Bonchev–Trinajstić information content (AvgIpc) is 4.18. The minimum Gasteiger partial charge on any atom is -0.745 e. The molecule has 0 aromatic carbocycles. The van der Waals surface area contributed by atoms with Gasteiger partial charge >= 0.3 is 247 Å². The van der Waals surface area contributed by atoms with E-state index < -0.39 is 8.07 Å². The maximum absolute atomic E-state index is 4.46. The second-order valence-corrected chi connectivity index (χ2v) is 21.2. The molecule has 390 valence electrons. The van der Waals surface area contributed by atoms with Gasteiger partial charge in [-0.25, -0.2) is 0 Å². The van der Waals surface area contributed by atoms with Crippen molar-refractivity contribution in [2.24, 2.45) is 0 Å². The van der Waals surface area contributed by atoms with Gasteiger partial charge in [0.05, 0.1) is 0 Å². The van der Waals surface area contributed by atoms with Gasteiger partial charge < -0.3 is 89.5 Å². The van der Waals surface area contributed by atoms with Crippen LogP contribution in [0, 0.1) is 75.4 Å². The Kier molecular flexibility index (Phi) is 133. The van der Waals surface area contributed by atoms with Crippen molar-refractivity contribution in [1.82, 2.24) is 29.4 Å². The molecule has 78 heavy (non-hydrogen) atoms. The molecule has 0 fully saturated rings. The smallest absolute Gasteiger partial charge is 0.745 e. The molecule has 8 aromatic heterocycles. The second kappa shape index (κ2) is 93.2. The van der Waals surface area contributed by atoms with Crippen LogP contribution in [0.5, 0.6) is 0 Å². The largest absolute Gasteiger partial charge is 2.00 e. The maximum atomic E-state index is 4.46. The molecule has 0 amide bonds. The molecule has 0 saturated carbocycles. The van der Waals surface area contributed by atoms with Crippen LogP contribution in [0.25, 0.3) is 0 Å². The molecule has 14 nitrogen and oxygen atoms in total. The van der Waals surface area contributed by atoms with Gasteiger partial charge in [0.15, 0.2) is 0 Å². The summed E-state index contributed by atoms with van der Waals surface area (Å²) in [4.78, 5) is 13.1. The molecular weight excluding hydrogens is 1100 g/mol. The van der Waals surface area contributed by atoms with E-state index in [1.54, 1.807) is 128 Å². The van der Waals surface area contributed by atoms with Gasteiger partial charge in [-0.15, -0.1) is 38.4 Å². The molecule has 0 N–H and O–H groups in total. The zero-order chi connectivity index (χ0) is 52.5. The Bertz CT molecular complexity index is 1300. The fourth-order valence-corrected chi connectivity index (χ4v) is 2.69. The van der Waals surface area contributed by atoms with Crippen LogP contribution in [0.15, 0.2) is 164 Å². The summed E-state index contributed by atoms with van der Waals surface area (Å²) < 4.78 is 35.3. The number of rotatable bonds is 9. The van der Waals surface area contributed by atoms with Crippen LogP contribution in [0.2, 0.25) is 19.6 Å². The molecule has 0 spiro atoms. The van der Waals surface area contributed by atoms with Gasteiger partial charge in [-0.2, -0.15) is 49.1 Å². The topological polar surface area (TPSA) is 125 Å². The fourth-order valence-electron chi connectivity index (χ4n) is 2.69. The molecule has 0 aliphatic carbocycles. The van der Waals surface area contributed by atoms with Gasteiger partial charge in [0.25, 0.3) is 0 Å². The first-order valence-electron chi connectivity index (χ1n) is 21.6. The van der Waals surface area contributed by atoms with Crippen molar-refractivity contribution in [3.05, 3.63) is 204 Å². The van der Waals surface area contributed by atoms with Gasteiger partial charge in [0.1, 0.15) is 0 Å². The fraction of sp³-hybridized carbons (Fsp3) is 0.389. The minimum absolute atomic E-state index is 0. The Morgan fingerprint density at radius 1 is 0.282 bits per heavy atom. The van der Waals surface area contributed by atoms with Gasteiger partial charge in [0.2, 0.25) is 0 Å². The summed E-state index contributed by atoms with van der Waals surface area (Å²) in [6.45, 7) is 17.4. The van der Waals surface area contributed by atoms with Crippen LogP contribution in [0.3, 0.4) is 0 Å². The monoisotopic (exact) mass is 1180 g/mol. The van der Waals surface area contributed by atoms with E-state index in [-0.39, 0.29) is 247 Å². The number of hydrogen-bond donors (Lipinski definition) is 0. The number of likely N-dealkylation sites (N-methyl/N-ethyl adjacent to an activating group) is 6. The summed E-state index contributed by atoms with van der Waals surface area (Å²) in [5, 5.41) is 0. The van der Waals surface area contributed by atoms with E-state index in [4.69, 9.17) is 0 Å². The molecule has 0 aliphatic heterocycles. The number of furan rings is 8. The molecule has 0 atom stereocenters. The molecule has 0 unspecified atom stereocenters. The second-order valence-electron chi connectivity index (χ2n) is 16.0. The Morgan fingerprint density at radius 2 is 0.410 bits per heavy atom. The summed E-state index contributed by atoms with van der Waals surface area (Å²) in [5.74, 6) is 0. The van der Waals surface area contributed by atoms with Crippen LogP contribution in [-0.2, 0) is 0 Å². The average molecular weight is 1180 g/mol. The van der Waals surface area contributed by atoms with E-state index in [0.29, 0.717) is 0 Å². The zero-order valence-electron chi connectivity index (χ0n) is 52.1. The standard InChI is InChI=1S/3C6H16N2.5C4H3O.3C4H2O.C4H11Si.3Mg.6Na/c3*1-7(2)5-6-8(3)4;8*1-2-4-5-3-1;1-5(2,3)4;;;;;;;;;/h3*5-6H2,1-4H3;5*1-3H;3*1-2H;1H2,2-4H3;;;;;;;;;/q;;;5*-1;3*-2;-1;3*+2;6*+1. The van der Waals surface area contributed by atoms with E-state index in [2.05, 4.69) is 244 Å². The third-order valence-corrected chi connectivity index (χ3v) is 5.89. The molecular formula is C54H80Mg3N6Na6O8Si. The first kappa shape index (κ1) is 112. The van der Waals surface area contributed by atoms with Crippen LogP contribution < -0.4 is 177 Å². The van der Waals surface area contributed by atoms with E-state index in [9.17, 15) is 0 Å². The van der Waals surface area contributed by atoms with E-state index in [1.807, 2.05) is 0 Å². The maximum Gasteiger partial charge on any atom is 2.00 e. The quantitative estimate of drug-likeness (QED) is 0.101. The first-order valence-corrected chi connectivity index (χ1v) is 25.3. The molecule has 0 bridgehead atoms. The van der Waals surface area contributed by atoms with Gasteiger partial charge in [0, 0.05) is 39.3 Å². The van der Waals surface area contributed by atoms with Gasteiger partial charge in [-0.3, -0.25) is 37.0 Å². The zero-order valence-corrected chi connectivity index (χ0v) is 69.4. The Hall–Kier alpha value is 2.52. The van der Waals surface area contributed by atoms with Crippen molar-refractivity contribution in [2.75, 3.05) is 124 Å². The van der Waals surface area contributed by atoms with Gasteiger partial charge in [-0.05, 0) is 116 Å². The molecule has 8 heterocycles. The van der Waals surface area contributed by atoms with E-state index in [1.165, 1.54) is 0 Å². The minimum atomic E-state index is -0.861. The predicted octanol–water partition coefficient (Wildman–Crippen LogP) is -9.05. The third-order valence-electron chi connectivity index (χ3n) is 5.89. The Balaban J connectivity index is -0.0000000533. The van der Waals surface area contributed by atoms with Crippen LogP contribution >= 0.6 is 0 Å². The van der Waals surface area contributed by atoms with E-state index >= 15 is 0 Å². The summed E-state index contributed by atoms with van der Waals surface area (Å²) in [7, 11) is 24.2.